The van der Waals surface area contributed by atoms with Crippen LogP contribution >= 0.6 is 0 Å². The molecule has 9 nitrogen and oxygen atoms in total. The van der Waals surface area contributed by atoms with Gasteiger partial charge in [-0.3, -0.25) is 0 Å². The number of nitrogens with two attached hydrogens (primary N) is 1. The van der Waals surface area contributed by atoms with Crippen molar-refractivity contribution in [2.75, 3.05) is 23.3 Å². The molecule has 5 rings (SSSR count). The van der Waals surface area contributed by atoms with Crippen LogP contribution in [0.25, 0.3) is 22.4 Å². The fourth-order valence-corrected chi connectivity index (χ4v) is 3.61. The number of aromatic nitrogens is 5. The van der Waals surface area contributed by atoms with Gasteiger partial charge in [0.2, 0.25) is 5.95 Å². The first-order chi connectivity index (χ1) is 14.7. The molecule has 0 saturated carbocycles. The molecule has 0 atom stereocenters. The molecule has 1 fully saturated rings. The molecule has 0 spiro atoms. The third-order valence-corrected chi connectivity index (χ3v) is 5.29. The van der Waals surface area contributed by atoms with Crippen LogP contribution in [-0.2, 0) is 0 Å². The highest BCUT2D eigenvalue weighted by Gasteiger charge is 2.18. The Labute approximate surface area is 173 Å². The number of anilines is 3. The number of nitrogens with one attached hydrogen (secondary N) is 2. The van der Waals surface area contributed by atoms with E-state index in [4.69, 9.17) is 5.73 Å². The molecule has 3 aromatic heterocycles. The van der Waals surface area contributed by atoms with Crippen molar-refractivity contribution in [1.29, 1.82) is 0 Å². The fourth-order valence-electron chi connectivity index (χ4n) is 3.61. The molecule has 0 radical (unpaired) electrons. The molecule has 1 saturated heterocycles. The smallest absolute Gasteiger partial charge is 0.229 e. The number of imidazole rings is 1. The van der Waals surface area contributed by atoms with Crippen LogP contribution in [0.5, 0.6) is 5.75 Å². The second-order valence-corrected chi connectivity index (χ2v) is 7.40. The quantitative estimate of drug-likeness (QED) is 0.384. The number of nitrogens with zero attached hydrogens (tertiary/aromatic N) is 5. The van der Waals surface area contributed by atoms with E-state index in [-0.39, 0.29) is 11.8 Å². The van der Waals surface area contributed by atoms with E-state index < -0.39 is 0 Å². The standard InChI is InChI=1S/C21H22N8O/c22-14-7-9-29(10-8-14)17-6-1-13(11-23-17)18-19-20(25-12-24-19)28-21(27-18)26-15-2-4-16(30)5-3-15/h1-6,11-12,14,30H,7-10,22H2,(H2,24,25,26,27,28). The van der Waals surface area contributed by atoms with Crippen LogP contribution in [0.15, 0.2) is 48.9 Å². The minimum absolute atomic E-state index is 0.202. The zero-order valence-corrected chi connectivity index (χ0v) is 16.3. The monoisotopic (exact) mass is 402 g/mol. The van der Waals surface area contributed by atoms with Crippen LogP contribution in [0.4, 0.5) is 17.5 Å². The SMILES string of the molecule is NC1CCN(c2ccc(-c3nc(Nc4ccc(O)cc4)nc4[nH]cnc34)cn2)CC1. The van der Waals surface area contributed by atoms with Gasteiger partial charge in [0.1, 0.15) is 22.8 Å². The first-order valence-corrected chi connectivity index (χ1v) is 9.90. The molecule has 152 valence electrons. The number of phenols is 1. The van der Waals surface area contributed by atoms with Gasteiger partial charge in [0.15, 0.2) is 5.65 Å². The third-order valence-electron chi connectivity index (χ3n) is 5.29. The van der Waals surface area contributed by atoms with Gasteiger partial charge in [0.05, 0.1) is 6.33 Å². The maximum Gasteiger partial charge on any atom is 0.229 e. The second-order valence-electron chi connectivity index (χ2n) is 7.40. The predicted octanol–water partition coefficient (Wildman–Crippen LogP) is 2.79. The summed E-state index contributed by atoms with van der Waals surface area (Å²) < 4.78 is 0. The number of rotatable bonds is 4. The molecule has 1 aliphatic rings. The van der Waals surface area contributed by atoms with E-state index >= 15 is 0 Å². The van der Waals surface area contributed by atoms with Crippen molar-refractivity contribution >= 4 is 28.6 Å². The molecule has 5 N–H and O–H groups in total. The number of hydrogen-bond donors (Lipinski definition) is 4. The van der Waals surface area contributed by atoms with Crippen LogP contribution in [-0.4, -0.2) is 49.2 Å². The van der Waals surface area contributed by atoms with Gasteiger partial charge < -0.3 is 26.0 Å². The lowest BCUT2D eigenvalue weighted by Gasteiger charge is -2.31. The molecule has 0 amide bonds. The lowest BCUT2D eigenvalue weighted by molar-refractivity contribution is 0.475. The summed E-state index contributed by atoms with van der Waals surface area (Å²) >= 11 is 0. The molecular formula is C21H22N8O. The molecule has 1 aromatic carbocycles. The van der Waals surface area contributed by atoms with Crippen LogP contribution in [0.1, 0.15) is 12.8 Å². The zero-order chi connectivity index (χ0) is 20.5. The molecule has 9 heteroatoms. The van der Waals surface area contributed by atoms with Crippen LogP contribution in [0.3, 0.4) is 0 Å². The lowest BCUT2D eigenvalue weighted by Crippen LogP contribution is -2.40. The van der Waals surface area contributed by atoms with E-state index in [9.17, 15) is 5.11 Å². The summed E-state index contributed by atoms with van der Waals surface area (Å²) in [5, 5.41) is 12.6. The number of piperidine rings is 1. The number of hydrogen-bond acceptors (Lipinski definition) is 8. The van der Waals surface area contributed by atoms with Gasteiger partial charge in [0, 0.05) is 36.6 Å². The van der Waals surface area contributed by atoms with Crippen molar-refractivity contribution < 1.29 is 5.11 Å². The Balaban J connectivity index is 1.45. The van der Waals surface area contributed by atoms with Gasteiger partial charge in [-0.25, -0.2) is 15.0 Å². The summed E-state index contributed by atoms with van der Waals surface area (Å²) in [6.45, 7) is 1.84. The molecule has 0 unspecified atom stereocenters. The Morgan fingerprint density at radius 1 is 1.03 bits per heavy atom. The van der Waals surface area contributed by atoms with E-state index in [0.29, 0.717) is 22.8 Å². The van der Waals surface area contributed by atoms with Gasteiger partial charge >= 0.3 is 0 Å². The Kier molecular flexibility index (Phi) is 4.64. The summed E-state index contributed by atoms with van der Waals surface area (Å²) in [6, 6.07) is 11.0. The van der Waals surface area contributed by atoms with Crippen molar-refractivity contribution in [3.63, 3.8) is 0 Å². The highest BCUT2D eigenvalue weighted by atomic mass is 16.3. The minimum Gasteiger partial charge on any atom is -0.508 e. The van der Waals surface area contributed by atoms with Gasteiger partial charge in [0.25, 0.3) is 0 Å². The summed E-state index contributed by atoms with van der Waals surface area (Å²) in [7, 11) is 0. The van der Waals surface area contributed by atoms with E-state index in [1.54, 1.807) is 30.6 Å². The maximum absolute atomic E-state index is 9.47. The Morgan fingerprint density at radius 3 is 2.57 bits per heavy atom. The first kappa shape index (κ1) is 18.3. The molecule has 0 aliphatic carbocycles. The van der Waals surface area contributed by atoms with Crippen LogP contribution in [0, 0.1) is 0 Å². The summed E-state index contributed by atoms with van der Waals surface area (Å²) in [5.74, 6) is 1.58. The Morgan fingerprint density at radius 2 is 1.83 bits per heavy atom. The van der Waals surface area contributed by atoms with Crippen molar-refractivity contribution in [1.82, 2.24) is 24.9 Å². The number of pyridine rings is 1. The normalized spacial score (nSPS) is 14.9. The number of aromatic hydroxyl groups is 1. The summed E-state index contributed by atoms with van der Waals surface area (Å²) in [6.07, 6.45) is 5.39. The molecule has 4 heterocycles. The van der Waals surface area contributed by atoms with E-state index in [2.05, 4.69) is 35.1 Å². The maximum atomic E-state index is 9.47. The Bertz CT molecular complexity index is 1150. The largest absolute Gasteiger partial charge is 0.508 e. The van der Waals surface area contributed by atoms with Crippen molar-refractivity contribution in [2.24, 2.45) is 5.73 Å². The molecule has 30 heavy (non-hydrogen) atoms. The minimum atomic E-state index is 0.202. The average Bonchev–Trinajstić information content (AvgIpc) is 3.24. The number of aromatic amines is 1. The zero-order valence-electron chi connectivity index (χ0n) is 16.3. The highest BCUT2D eigenvalue weighted by Crippen LogP contribution is 2.28. The van der Waals surface area contributed by atoms with Crippen LogP contribution in [0.2, 0.25) is 0 Å². The van der Waals surface area contributed by atoms with Gasteiger partial charge in [-0.05, 0) is 49.2 Å². The lowest BCUT2D eigenvalue weighted by atomic mass is 10.1. The average molecular weight is 402 g/mol. The van der Waals surface area contributed by atoms with E-state index in [0.717, 1.165) is 43.0 Å². The second kappa shape index (κ2) is 7.60. The van der Waals surface area contributed by atoms with Crippen molar-refractivity contribution in [2.45, 2.75) is 18.9 Å². The number of benzene rings is 1. The number of H-pyrrole nitrogens is 1. The summed E-state index contributed by atoms with van der Waals surface area (Å²) in [5.41, 5.74) is 9.66. The van der Waals surface area contributed by atoms with E-state index in [1.165, 1.54) is 0 Å². The van der Waals surface area contributed by atoms with Crippen molar-refractivity contribution in [3.05, 3.63) is 48.9 Å². The third kappa shape index (κ3) is 3.62. The molecule has 0 bridgehead atoms. The van der Waals surface area contributed by atoms with Crippen LogP contribution < -0.4 is 16.0 Å². The number of phenolic OH excluding ortho intramolecular Hbond substituents is 1. The predicted molar refractivity (Wildman–Crippen MR) is 116 cm³/mol. The van der Waals surface area contributed by atoms with E-state index in [1.807, 2.05) is 18.3 Å². The van der Waals surface area contributed by atoms with Crippen molar-refractivity contribution in [3.8, 4) is 17.0 Å². The van der Waals surface area contributed by atoms with Gasteiger partial charge in [-0.2, -0.15) is 4.98 Å². The Hall–Kier alpha value is -3.72. The fraction of sp³-hybridized carbons (Fsp3) is 0.238. The first-order valence-electron chi connectivity index (χ1n) is 9.90. The summed E-state index contributed by atoms with van der Waals surface area (Å²) in [4.78, 5) is 23.5. The van der Waals surface area contributed by atoms with Gasteiger partial charge in [-0.15, -0.1) is 0 Å². The number of fused-ring (bicyclic) bond motifs is 1. The van der Waals surface area contributed by atoms with Gasteiger partial charge in [-0.1, -0.05) is 0 Å². The molecule has 1 aliphatic heterocycles. The molecular weight excluding hydrogens is 380 g/mol. The highest BCUT2D eigenvalue weighted by molar-refractivity contribution is 5.88. The molecule has 4 aromatic rings. The topological polar surface area (TPSA) is 129 Å².